The highest BCUT2D eigenvalue weighted by molar-refractivity contribution is 5.99. The number of rotatable bonds is 6. The van der Waals surface area contributed by atoms with E-state index >= 15 is 0 Å². The van der Waals surface area contributed by atoms with Crippen molar-refractivity contribution in [1.29, 1.82) is 0 Å². The van der Waals surface area contributed by atoms with Gasteiger partial charge in [0.15, 0.2) is 11.5 Å². The standard InChI is InChI=1S/C24H28N2O4/c1-29-21-10-9-17(14-22(21)30-2)11-13-25-16-19(15-23(25)27)24(28)26-12-5-7-18-6-3-4-8-20(18)26/h3-4,6,8-10,14,19H,5,7,11-13,15-16H2,1-2H3. The van der Waals surface area contributed by atoms with Gasteiger partial charge in [-0.05, 0) is 48.6 Å². The van der Waals surface area contributed by atoms with E-state index in [2.05, 4.69) is 6.07 Å². The quantitative estimate of drug-likeness (QED) is 0.737. The van der Waals surface area contributed by atoms with Gasteiger partial charge in [0.2, 0.25) is 11.8 Å². The molecule has 1 fully saturated rings. The summed E-state index contributed by atoms with van der Waals surface area (Å²) in [6, 6.07) is 13.9. The van der Waals surface area contributed by atoms with Crippen LogP contribution in [0, 0.1) is 5.92 Å². The summed E-state index contributed by atoms with van der Waals surface area (Å²) in [5.41, 5.74) is 3.29. The van der Waals surface area contributed by atoms with Crippen molar-refractivity contribution in [1.82, 2.24) is 4.90 Å². The molecule has 2 aliphatic heterocycles. The van der Waals surface area contributed by atoms with Gasteiger partial charge < -0.3 is 19.3 Å². The average Bonchev–Trinajstić information content (AvgIpc) is 3.17. The lowest BCUT2D eigenvalue weighted by atomic mass is 9.99. The fourth-order valence-electron chi connectivity index (χ4n) is 4.44. The summed E-state index contributed by atoms with van der Waals surface area (Å²) in [5, 5.41) is 0. The Morgan fingerprint density at radius 2 is 1.90 bits per heavy atom. The van der Waals surface area contributed by atoms with E-state index in [1.165, 1.54) is 5.56 Å². The molecule has 0 bridgehead atoms. The largest absolute Gasteiger partial charge is 0.493 e. The Labute approximate surface area is 177 Å². The molecule has 0 saturated carbocycles. The monoisotopic (exact) mass is 408 g/mol. The van der Waals surface area contributed by atoms with Crippen molar-refractivity contribution in [2.45, 2.75) is 25.7 Å². The number of hydrogen-bond acceptors (Lipinski definition) is 4. The normalized spacial score (nSPS) is 18.3. The first-order valence-corrected chi connectivity index (χ1v) is 10.5. The molecule has 0 spiro atoms. The van der Waals surface area contributed by atoms with Crippen LogP contribution in [0.1, 0.15) is 24.0 Å². The van der Waals surface area contributed by atoms with Crippen LogP contribution in [0.3, 0.4) is 0 Å². The molecule has 30 heavy (non-hydrogen) atoms. The lowest BCUT2D eigenvalue weighted by molar-refractivity contribution is -0.128. The third-order valence-electron chi connectivity index (χ3n) is 6.06. The minimum atomic E-state index is -0.269. The summed E-state index contributed by atoms with van der Waals surface area (Å²) < 4.78 is 10.6. The van der Waals surface area contributed by atoms with Crippen LogP contribution in [-0.2, 0) is 22.4 Å². The third kappa shape index (κ3) is 3.99. The van der Waals surface area contributed by atoms with Gasteiger partial charge in [-0.3, -0.25) is 9.59 Å². The van der Waals surface area contributed by atoms with Crippen LogP contribution in [-0.4, -0.2) is 50.6 Å². The Morgan fingerprint density at radius 1 is 1.10 bits per heavy atom. The summed E-state index contributed by atoms with van der Waals surface area (Å²) in [6.07, 6.45) is 2.97. The molecule has 6 heteroatoms. The van der Waals surface area contributed by atoms with Gasteiger partial charge >= 0.3 is 0 Å². The molecule has 2 amide bonds. The highest BCUT2D eigenvalue weighted by atomic mass is 16.5. The Kier molecular flexibility index (Phi) is 5.93. The van der Waals surface area contributed by atoms with E-state index < -0.39 is 0 Å². The van der Waals surface area contributed by atoms with Crippen LogP contribution >= 0.6 is 0 Å². The number of carbonyl (C=O) groups excluding carboxylic acids is 2. The van der Waals surface area contributed by atoms with Crippen molar-refractivity contribution < 1.29 is 19.1 Å². The average molecular weight is 408 g/mol. The molecule has 2 heterocycles. The number of para-hydroxylation sites is 1. The summed E-state index contributed by atoms with van der Waals surface area (Å²) >= 11 is 0. The first-order valence-electron chi connectivity index (χ1n) is 10.5. The van der Waals surface area contributed by atoms with Crippen molar-refractivity contribution in [3.05, 3.63) is 53.6 Å². The lowest BCUT2D eigenvalue weighted by Crippen LogP contribution is -2.40. The molecule has 2 aromatic rings. The van der Waals surface area contributed by atoms with Gasteiger partial charge in [-0.1, -0.05) is 24.3 Å². The van der Waals surface area contributed by atoms with Crippen molar-refractivity contribution in [3.63, 3.8) is 0 Å². The number of aryl methyl sites for hydroxylation is 1. The van der Waals surface area contributed by atoms with Crippen molar-refractivity contribution in [2.24, 2.45) is 5.92 Å². The second-order valence-electron chi connectivity index (χ2n) is 7.90. The lowest BCUT2D eigenvalue weighted by Gasteiger charge is -2.31. The molecule has 0 aromatic heterocycles. The van der Waals surface area contributed by atoms with Gasteiger partial charge in [-0.25, -0.2) is 0 Å². The maximum Gasteiger partial charge on any atom is 0.232 e. The number of likely N-dealkylation sites (tertiary alicyclic amines) is 1. The number of hydrogen-bond donors (Lipinski definition) is 0. The summed E-state index contributed by atoms with van der Waals surface area (Å²) in [5.74, 6) is 1.22. The highest BCUT2D eigenvalue weighted by Crippen LogP contribution is 2.31. The Morgan fingerprint density at radius 3 is 2.70 bits per heavy atom. The number of anilines is 1. The van der Waals surface area contributed by atoms with E-state index in [0.717, 1.165) is 30.6 Å². The van der Waals surface area contributed by atoms with Crippen LogP contribution in [0.4, 0.5) is 5.69 Å². The fraction of sp³-hybridized carbons (Fsp3) is 0.417. The topological polar surface area (TPSA) is 59.1 Å². The van der Waals surface area contributed by atoms with Gasteiger partial charge in [0.25, 0.3) is 0 Å². The Bertz CT molecular complexity index is 943. The van der Waals surface area contributed by atoms with E-state index in [1.54, 1.807) is 14.2 Å². The van der Waals surface area contributed by atoms with E-state index in [-0.39, 0.29) is 17.7 Å². The molecular weight excluding hydrogens is 380 g/mol. The Balaban J connectivity index is 1.39. The molecule has 0 radical (unpaired) electrons. The number of nitrogens with zero attached hydrogens (tertiary/aromatic N) is 2. The van der Waals surface area contributed by atoms with Crippen LogP contribution in [0.2, 0.25) is 0 Å². The zero-order valence-electron chi connectivity index (χ0n) is 17.6. The molecule has 6 nitrogen and oxygen atoms in total. The predicted molar refractivity (Wildman–Crippen MR) is 115 cm³/mol. The molecule has 1 unspecified atom stereocenters. The fourth-order valence-corrected chi connectivity index (χ4v) is 4.44. The van der Waals surface area contributed by atoms with E-state index in [1.807, 2.05) is 46.2 Å². The summed E-state index contributed by atoms with van der Waals surface area (Å²) in [6.45, 7) is 1.81. The Hall–Kier alpha value is -3.02. The number of methoxy groups -OCH3 is 2. The molecule has 0 aliphatic carbocycles. The SMILES string of the molecule is COc1ccc(CCN2CC(C(=O)N3CCCc4ccccc43)CC2=O)cc1OC. The zero-order chi connectivity index (χ0) is 21.1. The van der Waals surface area contributed by atoms with Gasteiger partial charge in [-0.2, -0.15) is 0 Å². The molecular formula is C24H28N2O4. The zero-order valence-corrected chi connectivity index (χ0v) is 17.6. The van der Waals surface area contributed by atoms with Crippen molar-refractivity contribution >= 4 is 17.5 Å². The molecule has 2 aromatic carbocycles. The first-order chi connectivity index (χ1) is 14.6. The van der Waals surface area contributed by atoms with Crippen LogP contribution < -0.4 is 14.4 Å². The second kappa shape index (κ2) is 8.78. The molecule has 1 atom stereocenters. The van der Waals surface area contributed by atoms with E-state index in [0.29, 0.717) is 37.4 Å². The number of benzene rings is 2. The summed E-state index contributed by atoms with van der Waals surface area (Å²) in [7, 11) is 3.22. The third-order valence-corrected chi connectivity index (χ3v) is 6.06. The van der Waals surface area contributed by atoms with Crippen LogP contribution in [0.25, 0.3) is 0 Å². The molecule has 4 rings (SSSR count). The minimum Gasteiger partial charge on any atom is -0.493 e. The smallest absolute Gasteiger partial charge is 0.232 e. The van der Waals surface area contributed by atoms with E-state index in [9.17, 15) is 9.59 Å². The first kappa shape index (κ1) is 20.3. The number of amides is 2. The maximum absolute atomic E-state index is 13.2. The van der Waals surface area contributed by atoms with Crippen LogP contribution in [0.5, 0.6) is 11.5 Å². The molecule has 158 valence electrons. The predicted octanol–water partition coefficient (Wildman–Crippen LogP) is 3.07. The van der Waals surface area contributed by atoms with Crippen molar-refractivity contribution in [2.75, 3.05) is 38.8 Å². The van der Waals surface area contributed by atoms with Crippen molar-refractivity contribution in [3.8, 4) is 11.5 Å². The van der Waals surface area contributed by atoms with Gasteiger partial charge in [0.1, 0.15) is 0 Å². The molecule has 2 aliphatic rings. The second-order valence-corrected chi connectivity index (χ2v) is 7.90. The van der Waals surface area contributed by atoms with E-state index in [4.69, 9.17) is 9.47 Å². The number of fused-ring (bicyclic) bond motifs is 1. The molecule has 1 saturated heterocycles. The number of carbonyl (C=O) groups is 2. The van der Waals surface area contributed by atoms with Crippen LogP contribution in [0.15, 0.2) is 42.5 Å². The van der Waals surface area contributed by atoms with Gasteiger partial charge in [0, 0.05) is 31.7 Å². The molecule has 0 N–H and O–H groups in total. The van der Waals surface area contributed by atoms with Gasteiger partial charge in [0.05, 0.1) is 20.1 Å². The highest BCUT2D eigenvalue weighted by Gasteiger charge is 2.37. The summed E-state index contributed by atoms with van der Waals surface area (Å²) in [4.78, 5) is 29.5. The maximum atomic E-state index is 13.2. The number of ether oxygens (including phenoxy) is 2. The van der Waals surface area contributed by atoms with Gasteiger partial charge in [-0.15, -0.1) is 0 Å². The minimum absolute atomic E-state index is 0.0547.